The molecule has 2 aliphatic rings. The molecule has 116 valence electrons. The summed E-state index contributed by atoms with van der Waals surface area (Å²) in [5, 5.41) is 0. The minimum Gasteiger partial charge on any atom is -0.481 e. The van der Waals surface area contributed by atoms with Crippen LogP contribution in [0.3, 0.4) is 0 Å². The van der Waals surface area contributed by atoms with Gasteiger partial charge in [-0.2, -0.15) is 0 Å². The van der Waals surface area contributed by atoms with Gasteiger partial charge in [-0.1, -0.05) is 6.07 Å². The van der Waals surface area contributed by atoms with Crippen LogP contribution in [0.1, 0.15) is 31.2 Å². The highest BCUT2D eigenvalue weighted by Gasteiger charge is 2.37. The monoisotopic (exact) mass is 289 g/mol. The Morgan fingerprint density at radius 3 is 2.67 bits per heavy atom. The standard InChI is InChI=1S/C17H27N3O/c1-19-10-7-17(8-11-19)6-3-9-20(14-17)13-15-4-5-16(21-2)18-12-15/h4-5,12H,3,6-11,13-14H2,1-2H3. The summed E-state index contributed by atoms with van der Waals surface area (Å²) in [6.07, 6.45) is 7.43. The smallest absolute Gasteiger partial charge is 0.212 e. The second-order valence-electron chi connectivity index (χ2n) is 6.83. The highest BCUT2D eigenvalue weighted by Crippen LogP contribution is 2.39. The molecule has 4 heteroatoms. The highest BCUT2D eigenvalue weighted by atomic mass is 16.5. The molecule has 2 fully saturated rings. The summed E-state index contributed by atoms with van der Waals surface area (Å²) in [5.74, 6) is 0.698. The zero-order chi connectivity index (χ0) is 14.7. The third-order valence-electron chi connectivity index (χ3n) is 5.20. The maximum Gasteiger partial charge on any atom is 0.212 e. The SMILES string of the molecule is COc1ccc(CN2CCCC3(CCN(C)CC3)C2)cn1. The van der Waals surface area contributed by atoms with Crippen LogP contribution in [-0.2, 0) is 6.54 Å². The molecular weight excluding hydrogens is 262 g/mol. The van der Waals surface area contributed by atoms with Crippen LogP contribution in [0.5, 0.6) is 5.88 Å². The number of aromatic nitrogens is 1. The Labute approximate surface area is 128 Å². The summed E-state index contributed by atoms with van der Waals surface area (Å²) in [4.78, 5) is 9.41. The molecule has 1 aromatic rings. The predicted molar refractivity (Wildman–Crippen MR) is 84.5 cm³/mol. The van der Waals surface area contributed by atoms with Crippen molar-refractivity contribution >= 4 is 0 Å². The van der Waals surface area contributed by atoms with Crippen molar-refractivity contribution < 1.29 is 4.74 Å². The molecule has 0 bridgehead atoms. The molecule has 0 aliphatic carbocycles. The largest absolute Gasteiger partial charge is 0.481 e. The molecule has 0 radical (unpaired) electrons. The number of hydrogen-bond acceptors (Lipinski definition) is 4. The highest BCUT2D eigenvalue weighted by molar-refractivity contribution is 5.17. The van der Waals surface area contributed by atoms with E-state index >= 15 is 0 Å². The Bertz CT molecular complexity index is 452. The lowest BCUT2D eigenvalue weighted by Crippen LogP contribution is -2.48. The molecule has 0 aromatic carbocycles. The van der Waals surface area contributed by atoms with Crippen molar-refractivity contribution in [3.8, 4) is 5.88 Å². The summed E-state index contributed by atoms with van der Waals surface area (Å²) >= 11 is 0. The maximum atomic E-state index is 5.13. The van der Waals surface area contributed by atoms with E-state index in [1.807, 2.05) is 12.3 Å². The minimum atomic E-state index is 0.574. The molecule has 0 unspecified atom stereocenters. The molecule has 0 N–H and O–H groups in total. The van der Waals surface area contributed by atoms with Crippen LogP contribution in [0.4, 0.5) is 0 Å². The average Bonchev–Trinajstić information content (AvgIpc) is 2.52. The number of pyridine rings is 1. The summed E-state index contributed by atoms with van der Waals surface area (Å²) in [6, 6.07) is 4.10. The van der Waals surface area contributed by atoms with Gasteiger partial charge in [-0.3, -0.25) is 4.90 Å². The Morgan fingerprint density at radius 2 is 2.00 bits per heavy atom. The van der Waals surface area contributed by atoms with E-state index in [0.29, 0.717) is 11.3 Å². The average molecular weight is 289 g/mol. The summed E-state index contributed by atoms with van der Waals surface area (Å²) in [7, 11) is 3.91. The predicted octanol–water partition coefficient (Wildman–Crippen LogP) is 2.40. The molecule has 4 nitrogen and oxygen atoms in total. The molecule has 1 aromatic heterocycles. The first-order valence-corrected chi connectivity index (χ1v) is 8.09. The number of ether oxygens (including phenoxy) is 1. The lowest BCUT2D eigenvalue weighted by Gasteiger charge is -2.47. The van der Waals surface area contributed by atoms with E-state index in [2.05, 4.69) is 27.9 Å². The van der Waals surface area contributed by atoms with Crippen LogP contribution in [0, 0.1) is 5.41 Å². The van der Waals surface area contributed by atoms with Gasteiger partial charge < -0.3 is 9.64 Å². The van der Waals surface area contributed by atoms with Gasteiger partial charge in [0.05, 0.1) is 7.11 Å². The van der Waals surface area contributed by atoms with E-state index < -0.39 is 0 Å². The number of nitrogens with zero attached hydrogens (tertiary/aromatic N) is 3. The fourth-order valence-electron chi connectivity index (χ4n) is 3.83. The van der Waals surface area contributed by atoms with E-state index in [0.717, 1.165) is 6.54 Å². The lowest BCUT2D eigenvalue weighted by molar-refractivity contribution is 0.0275. The molecule has 3 rings (SSSR count). The number of piperidine rings is 2. The van der Waals surface area contributed by atoms with Crippen LogP contribution >= 0.6 is 0 Å². The summed E-state index contributed by atoms with van der Waals surface area (Å²) < 4.78 is 5.13. The van der Waals surface area contributed by atoms with Gasteiger partial charge in [0, 0.05) is 25.4 Å². The third-order valence-corrected chi connectivity index (χ3v) is 5.20. The van der Waals surface area contributed by atoms with Gasteiger partial charge in [0.1, 0.15) is 0 Å². The Morgan fingerprint density at radius 1 is 1.19 bits per heavy atom. The fraction of sp³-hybridized carbons (Fsp3) is 0.706. The van der Waals surface area contributed by atoms with Crippen molar-refractivity contribution in [1.82, 2.24) is 14.8 Å². The molecule has 1 spiro atoms. The van der Waals surface area contributed by atoms with Crippen molar-refractivity contribution in [2.75, 3.05) is 40.3 Å². The van der Waals surface area contributed by atoms with Crippen molar-refractivity contribution in [2.24, 2.45) is 5.41 Å². The summed E-state index contributed by atoms with van der Waals surface area (Å²) in [6.45, 7) is 6.03. The molecule has 2 saturated heterocycles. The van der Waals surface area contributed by atoms with Crippen LogP contribution in [0.25, 0.3) is 0 Å². The lowest BCUT2D eigenvalue weighted by atomic mass is 9.72. The molecule has 0 atom stereocenters. The first-order chi connectivity index (χ1) is 10.2. The number of likely N-dealkylation sites (tertiary alicyclic amines) is 2. The second-order valence-corrected chi connectivity index (χ2v) is 6.83. The van der Waals surface area contributed by atoms with Gasteiger partial charge in [-0.15, -0.1) is 0 Å². The molecule has 2 aliphatic heterocycles. The topological polar surface area (TPSA) is 28.6 Å². The fourth-order valence-corrected chi connectivity index (χ4v) is 3.83. The zero-order valence-electron chi connectivity index (χ0n) is 13.3. The Kier molecular flexibility index (Phi) is 4.45. The quantitative estimate of drug-likeness (QED) is 0.854. The molecule has 0 saturated carbocycles. The van der Waals surface area contributed by atoms with Gasteiger partial charge in [0.2, 0.25) is 5.88 Å². The minimum absolute atomic E-state index is 0.574. The van der Waals surface area contributed by atoms with E-state index in [4.69, 9.17) is 4.74 Å². The van der Waals surface area contributed by atoms with Crippen molar-refractivity contribution in [1.29, 1.82) is 0 Å². The van der Waals surface area contributed by atoms with Gasteiger partial charge >= 0.3 is 0 Å². The van der Waals surface area contributed by atoms with Crippen molar-refractivity contribution in [3.05, 3.63) is 23.9 Å². The first kappa shape index (κ1) is 14.8. The van der Waals surface area contributed by atoms with Gasteiger partial charge in [-0.05, 0) is 63.3 Å². The van der Waals surface area contributed by atoms with Crippen molar-refractivity contribution in [2.45, 2.75) is 32.2 Å². The third kappa shape index (κ3) is 3.55. The van der Waals surface area contributed by atoms with Crippen molar-refractivity contribution in [3.63, 3.8) is 0 Å². The van der Waals surface area contributed by atoms with E-state index in [1.54, 1.807) is 7.11 Å². The van der Waals surface area contributed by atoms with Crippen LogP contribution in [-0.4, -0.2) is 55.1 Å². The molecule has 3 heterocycles. The summed E-state index contributed by atoms with van der Waals surface area (Å²) in [5.41, 5.74) is 1.87. The van der Waals surface area contributed by atoms with E-state index in [9.17, 15) is 0 Å². The van der Waals surface area contributed by atoms with Gasteiger partial charge in [0.15, 0.2) is 0 Å². The van der Waals surface area contributed by atoms with Crippen LogP contribution < -0.4 is 4.74 Å². The Balaban J connectivity index is 1.60. The zero-order valence-corrected chi connectivity index (χ0v) is 13.3. The normalized spacial score (nSPS) is 23.3. The number of rotatable bonds is 3. The maximum absolute atomic E-state index is 5.13. The van der Waals surface area contributed by atoms with Crippen LogP contribution in [0.2, 0.25) is 0 Å². The Hall–Kier alpha value is -1.13. The number of methoxy groups -OCH3 is 1. The molecule has 21 heavy (non-hydrogen) atoms. The van der Waals surface area contributed by atoms with Crippen LogP contribution in [0.15, 0.2) is 18.3 Å². The number of hydrogen-bond donors (Lipinski definition) is 0. The van der Waals surface area contributed by atoms with E-state index in [-0.39, 0.29) is 0 Å². The first-order valence-electron chi connectivity index (χ1n) is 8.09. The van der Waals surface area contributed by atoms with Gasteiger partial charge in [-0.25, -0.2) is 4.98 Å². The molecular formula is C17H27N3O. The molecule has 0 amide bonds. The second kappa shape index (κ2) is 6.32. The van der Waals surface area contributed by atoms with Gasteiger partial charge in [0.25, 0.3) is 0 Å². The van der Waals surface area contributed by atoms with E-state index in [1.165, 1.54) is 57.4 Å².